The normalized spacial score (nSPS) is 13.1. The molecule has 8 heteroatoms. The number of pyridine rings is 1. The highest BCUT2D eigenvalue weighted by Crippen LogP contribution is 2.15. The van der Waals surface area contributed by atoms with Crippen LogP contribution < -0.4 is 5.46 Å². The average molecular weight is 348 g/mol. The molecule has 2 aromatic heterocycles. The van der Waals surface area contributed by atoms with E-state index in [4.69, 9.17) is 4.65 Å². The van der Waals surface area contributed by atoms with Crippen LogP contribution in [0.3, 0.4) is 0 Å². The predicted octanol–water partition coefficient (Wildman–Crippen LogP) is 0.922. The maximum Gasteiger partial charge on any atom is 0.491 e. The Hall–Kier alpha value is -2.84. The number of nitrogens with zero attached hydrogens (tertiary/aromatic N) is 4. The van der Waals surface area contributed by atoms with Crippen molar-refractivity contribution >= 4 is 18.4 Å². The van der Waals surface area contributed by atoms with Crippen molar-refractivity contribution in [2.45, 2.75) is 26.9 Å². The third-order valence-electron chi connectivity index (χ3n) is 4.49. The van der Waals surface area contributed by atoms with E-state index in [1.165, 1.54) is 0 Å². The van der Waals surface area contributed by atoms with Crippen LogP contribution in [0.25, 0.3) is 5.82 Å². The van der Waals surface area contributed by atoms with Gasteiger partial charge >= 0.3 is 7.12 Å². The van der Waals surface area contributed by atoms with Gasteiger partial charge in [0.1, 0.15) is 0 Å². The van der Waals surface area contributed by atoms with Gasteiger partial charge in [-0.1, -0.05) is 29.5 Å². The van der Waals surface area contributed by atoms with Crippen molar-refractivity contribution in [2.75, 3.05) is 0 Å². The molecule has 1 aromatic carbocycles. The second kappa shape index (κ2) is 6.47. The van der Waals surface area contributed by atoms with Crippen LogP contribution in [-0.2, 0) is 17.7 Å². The first-order valence-electron chi connectivity index (χ1n) is 8.34. The molecule has 7 nitrogen and oxygen atoms in total. The molecule has 0 radical (unpaired) electrons. The van der Waals surface area contributed by atoms with Gasteiger partial charge in [0.25, 0.3) is 0 Å². The minimum absolute atomic E-state index is 0.130. The van der Waals surface area contributed by atoms with Crippen LogP contribution in [0.15, 0.2) is 36.4 Å². The Bertz CT molecular complexity index is 1000. The summed E-state index contributed by atoms with van der Waals surface area (Å²) in [6.45, 7) is 4.09. The number of hydrogen-bond donors (Lipinski definition) is 1. The van der Waals surface area contributed by atoms with E-state index in [2.05, 4.69) is 15.3 Å². The van der Waals surface area contributed by atoms with Crippen LogP contribution in [-0.4, -0.2) is 37.9 Å². The van der Waals surface area contributed by atoms with Gasteiger partial charge in [-0.05, 0) is 42.6 Å². The van der Waals surface area contributed by atoms with Gasteiger partial charge in [-0.2, -0.15) is 4.68 Å². The van der Waals surface area contributed by atoms with E-state index in [1.54, 1.807) is 11.6 Å². The fourth-order valence-electron chi connectivity index (χ4n) is 3.09. The SMILES string of the molecule is Cc1cccc(-n2nnc(C(=O)Cc3ccc4c(c3)B(O)OC4)c2C)n1. The number of rotatable bonds is 4. The lowest BCUT2D eigenvalue weighted by atomic mass is 9.78. The Labute approximate surface area is 150 Å². The summed E-state index contributed by atoms with van der Waals surface area (Å²) in [7, 11) is -0.921. The molecule has 1 aliphatic rings. The van der Waals surface area contributed by atoms with E-state index in [0.717, 1.165) is 22.3 Å². The van der Waals surface area contributed by atoms with Crippen LogP contribution >= 0.6 is 0 Å². The number of hydrogen-bond acceptors (Lipinski definition) is 6. The second-order valence-corrected chi connectivity index (χ2v) is 6.37. The van der Waals surface area contributed by atoms with Crippen molar-refractivity contribution < 1.29 is 14.5 Å². The van der Waals surface area contributed by atoms with Gasteiger partial charge in [0.15, 0.2) is 17.3 Å². The fraction of sp³-hybridized carbons (Fsp3) is 0.222. The van der Waals surface area contributed by atoms with E-state index in [9.17, 15) is 9.82 Å². The molecule has 4 rings (SSSR count). The van der Waals surface area contributed by atoms with E-state index in [0.29, 0.717) is 23.8 Å². The van der Waals surface area contributed by atoms with Gasteiger partial charge in [-0.3, -0.25) is 4.79 Å². The van der Waals surface area contributed by atoms with E-state index >= 15 is 0 Å². The zero-order valence-electron chi connectivity index (χ0n) is 14.5. The molecule has 3 aromatic rings. The van der Waals surface area contributed by atoms with Gasteiger partial charge in [0, 0.05) is 12.1 Å². The molecule has 130 valence electrons. The number of carbonyl (C=O) groups excluding carboxylic acids is 1. The van der Waals surface area contributed by atoms with E-state index in [1.807, 2.05) is 43.3 Å². The third-order valence-corrected chi connectivity index (χ3v) is 4.49. The van der Waals surface area contributed by atoms with Crippen molar-refractivity contribution in [2.24, 2.45) is 0 Å². The van der Waals surface area contributed by atoms with Gasteiger partial charge in [0.05, 0.1) is 12.3 Å². The first-order chi connectivity index (χ1) is 12.5. The molecule has 0 spiro atoms. The Balaban J connectivity index is 1.59. The molecule has 0 bridgehead atoms. The molecule has 0 saturated heterocycles. The lowest BCUT2D eigenvalue weighted by Gasteiger charge is -2.05. The summed E-state index contributed by atoms with van der Waals surface area (Å²) in [5.41, 5.74) is 4.31. The van der Waals surface area contributed by atoms with Gasteiger partial charge in [0.2, 0.25) is 0 Å². The molecule has 3 heterocycles. The monoisotopic (exact) mass is 348 g/mol. The Morgan fingerprint density at radius 2 is 2.15 bits per heavy atom. The number of aryl methyl sites for hydroxylation is 1. The maximum absolute atomic E-state index is 12.7. The van der Waals surface area contributed by atoms with Crippen LogP contribution in [0.4, 0.5) is 0 Å². The lowest BCUT2D eigenvalue weighted by Crippen LogP contribution is -2.28. The van der Waals surface area contributed by atoms with Crippen molar-refractivity contribution in [1.29, 1.82) is 0 Å². The standard InChI is InChI=1S/C18H17BN4O3/c1-11-4-3-5-17(20-11)23-12(2)18(21-22-23)16(24)9-13-6-7-14-10-26-19(25)15(14)8-13/h3-8,25H,9-10H2,1-2H3. The second-order valence-electron chi connectivity index (χ2n) is 6.37. The molecule has 0 fully saturated rings. The number of benzene rings is 1. The zero-order valence-corrected chi connectivity index (χ0v) is 14.5. The molecule has 0 saturated carbocycles. The van der Waals surface area contributed by atoms with E-state index < -0.39 is 7.12 Å². The summed E-state index contributed by atoms with van der Waals surface area (Å²) in [6, 6.07) is 11.2. The lowest BCUT2D eigenvalue weighted by molar-refractivity contribution is 0.0987. The number of fused-ring (bicyclic) bond motifs is 1. The zero-order chi connectivity index (χ0) is 18.3. The van der Waals surface area contributed by atoms with Crippen LogP contribution in [0.1, 0.15) is 33.0 Å². The number of ketones is 1. The van der Waals surface area contributed by atoms with Crippen LogP contribution in [0.2, 0.25) is 0 Å². The average Bonchev–Trinajstić information content (AvgIpc) is 3.18. The molecule has 0 unspecified atom stereocenters. The largest absolute Gasteiger partial charge is 0.491 e. The smallest absolute Gasteiger partial charge is 0.423 e. The highest BCUT2D eigenvalue weighted by molar-refractivity contribution is 6.61. The summed E-state index contributed by atoms with van der Waals surface area (Å²) in [5.74, 6) is 0.501. The highest BCUT2D eigenvalue weighted by Gasteiger charge is 2.27. The molecule has 1 aliphatic heterocycles. The van der Waals surface area contributed by atoms with Crippen molar-refractivity contribution in [3.05, 3.63) is 64.6 Å². The van der Waals surface area contributed by atoms with Crippen molar-refractivity contribution in [3.63, 3.8) is 0 Å². The topological polar surface area (TPSA) is 90.1 Å². The molecular formula is C18H17BN4O3. The van der Waals surface area contributed by atoms with Crippen LogP contribution in [0.5, 0.6) is 0 Å². The molecule has 0 aliphatic carbocycles. The maximum atomic E-state index is 12.7. The summed E-state index contributed by atoms with van der Waals surface area (Å²) >= 11 is 0. The molecule has 0 atom stereocenters. The van der Waals surface area contributed by atoms with Gasteiger partial charge in [-0.25, -0.2) is 4.98 Å². The van der Waals surface area contributed by atoms with Crippen molar-refractivity contribution in [1.82, 2.24) is 20.0 Å². The highest BCUT2D eigenvalue weighted by atomic mass is 16.5. The molecule has 0 amide bonds. The summed E-state index contributed by atoms with van der Waals surface area (Å²) in [6.07, 6.45) is 0.181. The third kappa shape index (κ3) is 2.93. The van der Waals surface area contributed by atoms with Crippen molar-refractivity contribution in [3.8, 4) is 5.82 Å². The van der Waals surface area contributed by atoms with Gasteiger partial charge < -0.3 is 9.68 Å². The van der Waals surface area contributed by atoms with Crippen LogP contribution in [0, 0.1) is 13.8 Å². The Morgan fingerprint density at radius 3 is 2.96 bits per heavy atom. The minimum Gasteiger partial charge on any atom is -0.423 e. The Kier molecular flexibility index (Phi) is 4.14. The Morgan fingerprint density at radius 1 is 1.31 bits per heavy atom. The quantitative estimate of drug-likeness (QED) is 0.557. The summed E-state index contributed by atoms with van der Waals surface area (Å²) < 4.78 is 6.76. The minimum atomic E-state index is -0.921. The van der Waals surface area contributed by atoms with Gasteiger partial charge in [-0.15, -0.1) is 5.10 Å². The molecule has 1 N–H and O–H groups in total. The van der Waals surface area contributed by atoms with E-state index in [-0.39, 0.29) is 12.2 Å². The molecule has 26 heavy (non-hydrogen) atoms. The fourth-order valence-corrected chi connectivity index (χ4v) is 3.09. The first kappa shape index (κ1) is 16.6. The first-order valence-corrected chi connectivity index (χ1v) is 8.34. The predicted molar refractivity (Wildman–Crippen MR) is 95.5 cm³/mol. The summed E-state index contributed by atoms with van der Waals surface area (Å²) in [4.78, 5) is 17.1. The number of aromatic nitrogens is 4. The number of carbonyl (C=O) groups is 1. The number of Topliss-reactive ketones (excluding diaryl/α,β-unsaturated/α-hetero) is 1. The molecular weight excluding hydrogens is 331 g/mol. The summed E-state index contributed by atoms with van der Waals surface area (Å²) in [5, 5.41) is 18.0.